The Morgan fingerprint density at radius 2 is 2.03 bits per heavy atom. The fourth-order valence-electron chi connectivity index (χ4n) is 3.74. The lowest BCUT2D eigenvalue weighted by atomic mass is 9.90. The normalized spacial score (nSPS) is 19.5. The molecule has 0 amide bonds. The maximum Gasteiger partial charge on any atom is 0.154 e. The van der Waals surface area contributed by atoms with Crippen LogP contribution in [0.5, 0.6) is 0 Å². The largest absolute Gasteiger partial charge is 0.382 e. The molecule has 2 N–H and O–H groups in total. The second-order valence-corrected chi connectivity index (χ2v) is 7.42. The predicted molar refractivity (Wildman–Crippen MR) is 108 cm³/mol. The standard InChI is InChI=1S/C21H21N7O/c1-14-9-23-12-17(26-14)16-8-18-15(10-24-16)11-25-28(18)20-5-2-4-19(27-20)21(29)6-3-7-22-13-21/h2,4-5,8-12,22,29H,3,6-7,13H2,1H3. The molecule has 0 saturated carbocycles. The number of nitrogens with one attached hydrogen (secondary N) is 1. The van der Waals surface area contributed by atoms with Gasteiger partial charge in [-0.25, -0.2) is 14.6 Å². The van der Waals surface area contributed by atoms with Gasteiger partial charge < -0.3 is 10.4 Å². The summed E-state index contributed by atoms with van der Waals surface area (Å²) >= 11 is 0. The number of hydrogen-bond acceptors (Lipinski definition) is 7. The molecule has 4 aromatic rings. The molecule has 1 fully saturated rings. The summed E-state index contributed by atoms with van der Waals surface area (Å²) < 4.78 is 1.77. The second kappa shape index (κ2) is 6.98. The molecule has 5 heterocycles. The fourth-order valence-corrected chi connectivity index (χ4v) is 3.74. The Labute approximate surface area is 167 Å². The van der Waals surface area contributed by atoms with Crippen LogP contribution in [0.3, 0.4) is 0 Å². The zero-order valence-electron chi connectivity index (χ0n) is 16.1. The smallest absolute Gasteiger partial charge is 0.154 e. The molecule has 0 aliphatic carbocycles. The highest BCUT2D eigenvalue weighted by molar-refractivity contribution is 5.82. The van der Waals surface area contributed by atoms with Crippen LogP contribution < -0.4 is 5.32 Å². The third-order valence-corrected chi connectivity index (χ3v) is 5.26. The molecule has 8 nitrogen and oxygen atoms in total. The van der Waals surface area contributed by atoms with Gasteiger partial charge in [-0.15, -0.1) is 0 Å². The third-order valence-electron chi connectivity index (χ3n) is 5.26. The molecular formula is C21H21N7O. The van der Waals surface area contributed by atoms with Crippen LogP contribution in [-0.4, -0.2) is 47.9 Å². The van der Waals surface area contributed by atoms with Crippen molar-refractivity contribution < 1.29 is 5.11 Å². The summed E-state index contributed by atoms with van der Waals surface area (Å²) in [6, 6.07) is 7.61. The van der Waals surface area contributed by atoms with Gasteiger partial charge in [0.05, 0.1) is 35.0 Å². The van der Waals surface area contributed by atoms with Crippen molar-refractivity contribution in [2.75, 3.05) is 13.1 Å². The summed E-state index contributed by atoms with van der Waals surface area (Å²) in [5, 5.41) is 19.7. The Bertz CT molecular complexity index is 1180. The van der Waals surface area contributed by atoms with E-state index in [1.165, 1.54) is 0 Å². The summed E-state index contributed by atoms with van der Waals surface area (Å²) in [6.07, 6.45) is 8.56. The van der Waals surface area contributed by atoms with E-state index in [1.807, 2.05) is 31.2 Å². The van der Waals surface area contributed by atoms with Crippen molar-refractivity contribution in [3.05, 3.63) is 60.4 Å². The van der Waals surface area contributed by atoms with Gasteiger partial charge >= 0.3 is 0 Å². The number of β-amino-alcohol motifs (C(OH)–C–C–N with tert-alkyl or cyclic N) is 1. The molecule has 0 radical (unpaired) electrons. The van der Waals surface area contributed by atoms with Gasteiger partial charge in [0.1, 0.15) is 11.3 Å². The maximum absolute atomic E-state index is 11.0. The van der Waals surface area contributed by atoms with Gasteiger partial charge in [-0.3, -0.25) is 9.97 Å². The number of aliphatic hydroxyl groups is 1. The number of aromatic nitrogens is 6. The highest BCUT2D eigenvalue weighted by Crippen LogP contribution is 2.28. The number of piperidine rings is 1. The molecule has 0 aromatic carbocycles. The van der Waals surface area contributed by atoms with Gasteiger partial charge in [0.25, 0.3) is 0 Å². The Morgan fingerprint density at radius 3 is 2.86 bits per heavy atom. The average Bonchev–Trinajstić information content (AvgIpc) is 3.18. The molecule has 0 bridgehead atoms. The van der Waals surface area contributed by atoms with E-state index in [-0.39, 0.29) is 0 Å². The van der Waals surface area contributed by atoms with E-state index in [4.69, 9.17) is 4.98 Å². The van der Waals surface area contributed by atoms with Crippen molar-refractivity contribution in [3.8, 4) is 17.2 Å². The average molecular weight is 387 g/mol. The molecule has 146 valence electrons. The second-order valence-electron chi connectivity index (χ2n) is 7.42. The van der Waals surface area contributed by atoms with Crippen molar-refractivity contribution in [2.45, 2.75) is 25.4 Å². The van der Waals surface area contributed by atoms with Crippen molar-refractivity contribution in [1.29, 1.82) is 0 Å². The predicted octanol–water partition coefficient (Wildman–Crippen LogP) is 2.15. The Morgan fingerprint density at radius 1 is 1.10 bits per heavy atom. The summed E-state index contributed by atoms with van der Waals surface area (Å²) in [5.74, 6) is 0.656. The third kappa shape index (κ3) is 3.26. The maximum atomic E-state index is 11.0. The number of rotatable bonds is 3. The lowest BCUT2D eigenvalue weighted by molar-refractivity contribution is 0.00822. The Kier molecular flexibility index (Phi) is 4.30. The van der Waals surface area contributed by atoms with E-state index >= 15 is 0 Å². The zero-order chi connectivity index (χ0) is 19.8. The highest BCUT2D eigenvalue weighted by atomic mass is 16.3. The molecule has 1 atom stereocenters. The molecule has 0 spiro atoms. The Hall–Kier alpha value is -3.23. The summed E-state index contributed by atoms with van der Waals surface area (Å²) in [7, 11) is 0. The van der Waals surface area contributed by atoms with Gasteiger partial charge in [-0.1, -0.05) is 6.07 Å². The lowest BCUT2D eigenvalue weighted by Gasteiger charge is -2.32. The van der Waals surface area contributed by atoms with Gasteiger partial charge in [0.2, 0.25) is 0 Å². The monoisotopic (exact) mass is 387 g/mol. The van der Waals surface area contributed by atoms with E-state index in [0.717, 1.165) is 35.3 Å². The first kappa shape index (κ1) is 17.8. The van der Waals surface area contributed by atoms with Crippen LogP contribution >= 0.6 is 0 Å². The van der Waals surface area contributed by atoms with E-state index in [9.17, 15) is 5.11 Å². The summed E-state index contributed by atoms with van der Waals surface area (Å²) in [6.45, 7) is 3.33. The topological polar surface area (TPSA) is 102 Å². The minimum absolute atomic E-state index is 0.503. The molecule has 1 aliphatic heterocycles. The molecule has 1 unspecified atom stereocenters. The van der Waals surface area contributed by atoms with Gasteiger partial charge in [-0.2, -0.15) is 5.10 Å². The first-order valence-corrected chi connectivity index (χ1v) is 9.66. The number of hydrogen-bond donors (Lipinski definition) is 2. The first-order valence-electron chi connectivity index (χ1n) is 9.66. The van der Waals surface area contributed by atoms with Crippen LogP contribution in [0.1, 0.15) is 24.2 Å². The van der Waals surface area contributed by atoms with Crippen LogP contribution in [0.25, 0.3) is 28.1 Å². The van der Waals surface area contributed by atoms with Crippen LogP contribution in [0.4, 0.5) is 0 Å². The fraction of sp³-hybridized carbons (Fsp3) is 0.286. The van der Waals surface area contributed by atoms with Crippen LogP contribution in [0.15, 0.2) is 49.1 Å². The minimum Gasteiger partial charge on any atom is -0.382 e. The van der Waals surface area contributed by atoms with Crippen molar-refractivity contribution in [1.82, 2.24) is 35.0 Å². The van der Waals surface area contributed by atoms with E-state index < -0.39 is 5.60 Å². The number of nitrogens with zero attached hydrogens (tertiary/aromatic N) is 6. The van der Waals surface area contributed by atoms with Gasteiger partial charge in [-0.05, 0) is 44.5 Å². The summed E-state index contributed by atoms with van der Waals surface area (Å²) in [4.78, 5) is 18.0. The number of pyridine rings is 2. The van der Waals surface area contributed by atoms with Crippen molar-refractivity contribution in [2.24, 2.45) is 0 Å². The molecule has 1 saturated heterocycles. The number of aryl methyl sites for hydroxylation is 1. The molecule has 29 heavy (non-hydrogen) atoms. The molecular weight excluding hydrogens is 366 g/mol. The molecule has 1 aliphatic rings. The first-order chi connectivity index (χ1) is 14.1. The molecule has 5 rings (SSSR count). The van der Waals surface area contributed by atoms with Gasteiger partial charge in [0, 0.05) is 24.3 Å². The van der Waals surface area contributed by atoms with E-state index in [1.54, 1.807) is 29.5 Å². The zero-order valence-corrected chi connectivity index (χ0v) is 16.1. The lowest BCUT2D eigenvalue weighted by Crippen LogP contribution is -2.43. The van der Waals surface area contributed by atoms with E-state index in [2.05, 4.69) is 25.4 Å². The summed E-state index contributed by atoms with van der Waals surface area (Å²) in [5.41, 5.74) is 2.84. The molecule has 4 aromatic heterocycles. The van der Waals surface area contributed by atoms with Crippen molar-refractivity contribution >= 4 is 10.9 Å². The molecule has 8 heteroatoms. The van der Waals surface area contributed by atoms with Gasteiger partial charge in [0.15, 0.2) is 5.82 Å². The van der Waals surface area contributed by atoms with Crippen molar-refractivity contribution in [3.63, 3.8) is 0 Å². The van der Waals surface area contributed by atoms with Crippen LogP contribution in [-0.2, 0) is 5.60 Å². The number of fused-ring (bicyclic) bond motifs is 1. The Balaban J connectivity index is 1.59. The van der Waals surface area contributed by atoms with Crippen LogP contribution in [0, 0.1) is 6.92 Å². The van der Waals surface area contributed by atoms with E-state index in [0.29, 0.717) is 30.2 Å². The highest BCUT2D eigenvalue weighted by Gasteiger charge is 2.32. The quantitative estimate of drug-likeness (QED) is 0.555. The van der Waals surface area contributed by atoms with Crippen LogP contribution in [0.2, 0.25) is 0 Å². The minimum atomic E-state index is -0.957. The SMILES string of the molecule is Cc1cncc(-c2cc3c(cn2)cnn3-c2cccc(C3(O)CCCNC3)n2)n1.